The molecule has 0 aromatic rings. The predicted octanol–water partition coefficient (Wildman–Crippen LogP) is 5.59. The van der Waals surface area contributed by atoms with Crippen LogP contribution in [0.3, 0.4) is 0 Å². The van der Waals surface area contributed by atoms with Gasteiger partial charge in [-0.1, -0.05) is 60.6 Å². The summed E-state index contributed by atoms with van der Waals surface area (Å²) in [5.41, 5.74) is 1.69. The Labute approximate surface area is 197 Å². The van der Waals surface area contributed by atoms with Crippen molar-refractivity contribution in [1.29, 1.82) is 0 Å². The highest BCUT2D eigenvalue weighted by Crippen LogP contribution is 2.64. The van der Waals surface area contributed by atoms with Crippen molar-refractivity contribution in [2.75, 3.05) is 0 Å². The fourth-order valence-electron chi connectivity index (χ4n) is 6.88. The minimum absolute atomic E-state index is 0.0687. The zero-order valence-corrected chi connectivity index (χ0v) is 23.2. The van der Waals surface area contributed by atoms with Crippen LogP contribution in [0.5, 0.6) is 0 Å². The lowest BCUT2D eigenvalue weighted by atomic mass is 9.44. The normalized spacial score (nSPS) is 42.9. The molecule has 3 aliphatic carbocycles. The quantitative estimate of drug-likeness (QED) is 0.368. The first-order chi connectivity index (χ1) is 14.3. The van der Waals surface area contributed by atoms with Crippen molar-refractivity contribution >= 4 is 8.32 Å². The smallest absolute Gasteiger partial charge is 0.192 e. The SMILES string of the molecule is C=C1[C@@H](O)CC[C@@]2(C)C[C@H](O[Si](C)(C)C(C)(C)C)C3=C(C)C[C@H](O)[C@@](C)([C@@H](O)[C@H]12)C3(C)C. The lowest BCUT2D eigenvalue weighted by Gasteiger charge is -2.63. The Balaban J connectivity index is 2.26. The van der Waals surface area contributed by atoms with Crippen LogP contribution in [-0.4, -0.2) is 48.1 Å². The van der Waals surface area contributed by atoms with E-state index in [0.29, 0.717) is 12.8 Å². The molecule has 5 heteroatoms. The molecule has 2 saturated carbocycles. The van der Waals surface area contributed by atoms with Crippen molar-refractivity contribution in [3.63, 3.8) is 0 Å². The molecule has 2 bridgehead atoms. The summed E-state index contributed by atoms with van der Waals surface area (Å²) in [6.07, 6.45) is 0.678. The molecule has 32 heavy (non-hydrogen) atoms. The monoisotopic (exact) mass is 464 g/mol. The number of fused-ring (bicyclic) bond motifs is 3. The van der Waals surface area contributed by atoms with Gasteiger partial charge in [-0.2, -0.15) is 0 Å². The van der Waals surface area contributed by atoms with E-state index in [2.05, 4.69) is 68.1 Å². The molecule has 3 rings (SSSR count). The van der Waals surface area contributed by atoms with Crippen LogP contribution in [0.1, 0.15) is 81.1 Å². The maximum Gasteiger partial charge on any atom is 0.192 e. The van der Waals surface area contributed by atoms with Gasteiger partial charge in [0.15, 0.2) is 8.32 Å². The molecule has 0 spiro atoms. The highest BCUT2D eigenvalue weighted by atomic mass is 28.4. The second-order valence-corrected chi connectivity index (χ2v) is 18.4. The Hall–Kier alpha value is -0.463. The molecule has 0 aromatic heterocycles. The molecule has 4 nitrogen and oxygen atoms in total. The molecule has 0 amide bonds. The molecule has 0 heterocycles. The van der Waals surface area contributed by atoms with Gasteiger partial charge in [0.05, 0.1) is 24.4 Å². The minimum Gasteiger partial charge on any atom is -0.410 e. The summed E-state index contributed by atoms with van der Waals surface area (Å²) in [6, 6.07) is 0. The fourth-order valence-corrected chi connectivity index (χ4v) is 8.14. The van der Waals surface area contributed by atoms with E-state index in [1.807, 2.05) is 6.92 Å². The molecule has 0 radical (unpaired) electrons. The van der Waals surface area contributed by atoms with Gasteiger partial charge in [-0.3, -0.25) is 0 Å². The van der Waals surface area contributed by atoms with Crippen LogP contribution in [0.4, 0.5) is 0 Å². The van der Waals surface area contributed by atoms with E-state index < -0.39 is 37.5 Å². The largest absolute Gasteiger partial charge is 0.410 e. The maximum atomic E-state index is 12.0. The van der Waals surface area contributed by atoms with E-state index >= 15 is 0 Å². The summed E-state index contributed by atoms with van der Waals surface area (Å²) in [5.74, 6) is -0.282. The van der Waals surface area contributed by atoms with E-state index in [4.69, 9.17) is 4.43 Å². The van der Waals surface area contributed by atoms with Crippen molar-refractivity contribution in [3.8, 4) is 0 Å². The van der Waals surface area contributed by atoms with Crippen molar-refractivity contribution in [3.05, 3.63) is 23.3 Å². The van der Waals surface area contributed by atoms with Crippen molar-refractivity contribution in [2.24, 2.45) is 22.2 Å². The Morgan fingerprint density at radius 3 is 2.16 bits per heavy atom. The van der Waals surface area contributed by atoms with E-state index in [1.54, 1.807) is 0 Å². The topological polar surface area (TPSA) is 69.9 Å². The lowest BCUT2D eigenvalue weighted by molar-refractivity contribution is -0.177. The number of aliphatic hydroxyl groups is 3. The van der Waals surface area contributed by atoms with Gasteiger partial charge < -0.3 is 19.7 Å². The third-order valence-electron chi connectivity index (χ3n) is 10.4. The average molecular weight is 465 g/mol. The second kappa shape index (κ2) is 7.77. The molecule has 3 N–H and O–H groups in total. The van der Waals surface area contributed by atoms with E-state index in [0.717, 1.165) is 18.4 Å². The Kier molecular flexibility index (Phi) is 6.35. The number of hydrogen-bond donors (Lipinski definition) is 3. The van der Waals surface area contributed by atoms with Crippen LogP contribution >= 0.6 is 0 Å². The molecule has 2 fully saturated rings. The van der Waals surface area contributed by atoms with Crippen LogP contribution in [0.15, 0.2) is 23.3 Å². The molecule has 0 aromatic carbocycles. The van der Waals surface area contributed by atoms with Gasteiger partial charge >= 0.3 is 0 Å². The van der Waals surface area contributed by atoms with Gasteiger partial charge in [0.2, 0.25) is 0 Å². The maximum absolute atomic E-state index is 12.0. The van der Waals surface area contributed by atoms with Gasteiger partial charge in [-0.25, -0.2) is 0 Å². The number of aliphatic hydroxyl groups excluding tert-OH is 3. The zero-order chi connectivity index (χ0) is 24.7. The summed E-state index contributed by atoms with van der Waals surface area (Å²) >= 11 is 0. The van der Waals surface area contributed by atoms with E-state index in [1.165, 1.54) is 11.1 Å². The summed E-state index contributed by atoms with van der Waals surface area (Å²) in [5, 5.41) is 34.2. The first kappa shape index (κ1) is 26.1. The van der Waals surface area contributed by atoms with Gasteiger partial charge in [-0.15, -0.1) is 0 Å². The van der Waals surface area contributed by atoms with Crippen molar-refractivity contribution in [1.82, 2.24) is 0 Å². The molecule has 0 unspecified atom stereocenters. The fraction of sp³-hybridized carbons (Fsp3) is 0.852. The molecule has 3 aliphatic rings. The highest BCUT2D eigenvalue weighted by Gasteiger charge is 2.64. The first-order valence-electron chi connectivity index (χ1n) is 12.4. The summed E-state index contributed by atoms with van der Waals surface area (Å²) in [7, 11) is -2.09. The third-order valence-corrected chi connectivity index (χ3v) is 14.9. The second-order valence-electron chi connectivity index (χ2n) is 13.6. The van der Waals surface area contributed by atoms with Gasteiger partial charge in [0, 0.05) is 11.3 Å². The summed E-state index contributed by atoms with van der Waals surface area (Å²) in [6.45, 7) is 26.5. The minimum atomic E-state index is -2.09. The average Bonchev–Trinajstić information content (AvgIpc) is 2.61. The lowest BCUT2D eigenvalue weighted by Crippen LogP contribution is -2.65. The van der Waals surface area contributed by atoms with Crippen molar-refractivity contribution in [2.45, 2.75) is 124 Å². The van der Waals surface area contributed by atoms with Crippen LogP contribution in [0.2, 0.25) is 18.1 Å². The number of rotatable bonds is 2. The van der Waals surface area contributed by atoms with Crippen LogP contribution in [0.25, 0.3) is 0 Å². The summed E-state index contributed by atoms with van der Waals surface area (Å²) < 4.78 is 7.19. The van der Waals surface area contributed by atoms with Gasteiger partial charge in [-0.05, 0) is 72.7 Å². The van der Waals surface area contributed by atoms with Crippen molar-refractivity contribution < 1.29 is 19.7 Å². The molecule has 0 saturated heterocycles. The summed E-state index contributed by atoms with van der Waals surface area (Å²) in [4.78, 5) is 0. The molecule has 0 aliphatic heterocycles. The third kappa shape index (κ3) is 3.62. The Morgan fingerprint density at radius 1 is 1.06 bits per heavy atom. The molecular formula is C27H48O4Si. The van der Waals surface area contributed by atoms with E-state index in [9.17, 15) is 15.3 Å². The predicted molar refractivity (Wildman–Crippen MR) is 134 cm³/mol. The van der Waals surface area contributed by atoms with Crippen LogP contribution < -0.4 is 0 Å². The standard InChI is InChI=1S/C27H48O4Si/c1-16-14-20(29)27(9)23(30)22-17(2)18(28)12-13-26(22,8)15-19(21(16)25(27,6)7)31-32(10,11)24(3,4)5/h18-20,22-23,28-30H,2,12-15H2,1,3-11H3/t18-,19-,20-,22-,23-,26-,27-/m0/s1. The number of hydrogen-bond acceptors (Lipinski definition) is 4. The Morgan fingerprint density at radius 2 is 1.62 bits per heavy atom. The Bertz CT molecular complexity index is 807. The van der Waals surface area contributed by atoms with Gasteiger partial charge in [0.1, 0.15) is 0 Å². The molecule has 184 valence electrons. The zero-order valence-electron chi connectivity index (χ0n) is 22.2. The molecular weight excluding hydrogens is 416 g/mol. The molecule has 7 atom stereocenters. The van der Waals surface area contributed by atoms with Crippen LogP contribution in [-0.2, 0) is 4.43 Å². The van der Waals surface area contributed by atoms with E-state index in [-0.39, 0.29) is 22.5 Å². The first-order valence-corrected chi connectivity index (χ1v) is 15.3. The van der Waals surface area contributed by atoms with Crippen LogP contribution in [0, 0.1) is 22.2 Å². The highest BCUT2D eigenvalue weighted by molar-refractivity contribution is 6.74. The van der Waals surface area contributed by atoms with Gasteiger partial charge in [0.25, 0.3) is 0 Å².